The van der Waals surface area contributed by atoms with Crippen LogP contribution in [-0.2, 0) is 6.42 Å². The van der Waals surface area contributed by atoms with Gasteiger partial charge in [0.1, 0.15) is 11.3 Å². The van der Waals surface area contributed by atoms with E-state index >= 15 is 0 Å². The van der Waals surface area contributed by atoms with Crippen molar-refractivity contribution in [3.05, 3.63) is 47.9 Å². The molecule has 1 aliphatic rings. The predicted molar refractivity (Wildman–Crippen MR) is 121 cm³/mol. The Balaban J connectivity index is 1.69. The lowest BCUT2D eigenvalue weighted by molar-refractivity contribution is 0.0974. The fourth-order valence-electron chi connectivity index (χ4n) is 4.18. The number of amides is 1. The Labute approximate surface area is 186 Å². The van der Waals surface area contributed by atoms with Crippen LogP contribution in [0.5, 0.6) is 5.75 Å². The number of hydrogen-bond acceptors (Lipinski definition) is 7. The van der Waals surface area contributed by atoms with E-state index in [0.29, 0.717) is 28.6 Å². The van der Waals surface area contributed by atoms with Crippen molar-refractivity contribution in [3.63, 3.8) is 0 Å². The van der Waals surface area contributed by atoms with Gasteiger partial charge in [-0.05, 0) is 42.9 Å². The number of aliphatic hydroxyl groups is 2. The maximum absolute atomic E-state index is 13.2. The van der Waals surface area contributed by atoms with Crippen LogP contribution in [-0.4, -0.2) is 57.2 Å². The maximum atomic E-state index is 13.2. The summed E-state index contributed by atoms with van der Waals surface area (Å²) in [7, 11) is 0. The number of carbonyl (C=O) groups is 1. The highest BCUT2D eigenvalue weighted by Crippen LogP contribution is 2.37. The first-order valence-corrected chi connectivity index (χ1v) is 11.0. The molecule has 0 aliphatic carbocycles. The largest absolute Gasteiger partial charge is 0.467 e. The molecule has 3 heterocycles. The van der Waals surface area contributed by atoms with Gasteiger partial charge in [-0.3, -0.25) is 4.79 Å². The monoisotopic (exact) mass is 439 g/mol. The second-order valence-corrected chi connectivity index (χ2v) is 8.01. The van der Waals surface area contributed by atoms with Crippen LogP contribution < -0.4 is 15.0 Å². The van der Waals surface area contributed by atoms with Crippen LogP contribution in [0.2, 0.25) is 0 Å². The zero-order valence-corrected chi connectivity index (χ0v) is 18.2. The number of piperidine rings is 1. The van der Waals surface area contributed by atoms with E-state index in [1.54, 1.807) is 23.0 Å². The Hall–Kier alpha value is -3.17. The predicted octanol–water partition coefficient (Wildman–Crippen LogP) is 2.47. The number of ether oxygens (including phenoxy) is 1. The number of aliphatic hydroxyl groups excluding tert-OH is 2. The highest BCUT2D eigenvalue weighted by molar-refractivity contribution is 6.09. The molecule has 0 saturated carbocycles. The summed E-state index contributed by atoms with van der Waals surface area (Å²) >= 11 is 0. The van der Waals surface area contributed by atoms with Crippen LogP contribution in [0.4, 0.5) is 11.4 Å². The van der Waals surface area contributed by atoms with Gasteiger partial charge >= 0.3 is 0 Å². The molecule has 0 radical (unpaired) electrons. The van der Waals surface area contributed by atoms with Crippen LogP contribution in [0.3, 0.4) is 0 Å². The number of aryl methyl sites for hydroxylation is 1. The lowest BCUT2D eigenvalue weighted by Crippen LogP contribution is -2.35. The lowest BCUT2D eigenvalue weighted by Gasteiger charge is -2.34. The molecule has 1 aromatic carbocycles. The first-order chi connectivity index (χ1) is 15.6. The molecule has 3 N–H and O–H groups in total. The van der Waals surface area contributed by atoms with Gasteiger partial charge in [0.05, 0.1) is 17.6 Å². The summed E-state index contributed by atoms with van der Waals surface area (Å²) in [6, 6.07) is 5.58. The normalized spacial score (nSPS) is 14.7. The van der Waals surface area contributed by atoms with Crippen molar-refractivity contribution in [2.75, 3.05) is 36.7 Å². The standard InChI is InChI=1S/C23H29N5O4/c1-2-4-17-11-19(26-23(31)18-13-25-28-8-3-7-24-22(18)28)20(12-21(17)32-15-30)27-9-5-16(14-29)6-10-27/h3,7-8,11-13,16,29-30H,2,4-6,9-10,14-15H2,1H3,(H,26,31). The van der Waals surface area contributed by atoms with Gasteiger partial charge in [0.25, 0.3) is 5.91 Å². The third-order valence-corrected chi connectivity index (χ3v) is 5.90. The number of nitrogens with zero attached hydrogens (tertiary/aromatic N) is 4. The number of hydrogen-bond donors (Lipinski definition) is 3. The molecule has 2 aromatic heterocycles. The summed E-state index contributed by atoms with van der Waals surface area (Å²) in [5.41, 5.74) is 3.32. The maximum Gasteiger partial charge on any atom is 0.261 e. The van der Waals surface area contributed by atoms with E-state index in [1.807, 2.05) is 12.1 Å². The van der Waals surface area contributed by atoms with Gasteiger partial charge in [0.2, 0.25) is 0 Å². The van der Waals surface area contributed by atoms with Crippen molar-refractivity contribution in [1.29, 1.82) is 0 Å². The average molecular weight is 440 g/mol. The Morgan fingerprint density at radius 3 is 2.81 bits per heavy atom. The molecule has 1 fully saturated rings. The molecule has 9 nitrogen and oxygen atoms in total. The van der Waals surface area contributed by atoms with Crippen LogP contribution >= 0.6 is 0 Å². The van der Waals surface area contributed by atoms with Crippen molar-refractivity contribution in [1.82, 2.24) is 14.6 Å². The van der Waals surface area contributed by atoms with Gasteiger partial charge in [-0.2, -0.15) is 5.10 Å². The molecule has 0 spiro atoms. The Bertz CT molecular complexity index is 1080. The summed E-state index contributed by atoms with van der Waals surface area (Å²) < 4.78 is 7.07. The quantitative estimate of drug-likeness (QED) is 0.462. The molecule has 9 heteroatoms. The van der Waals surface area contributed by atoms with E-state index in [-0.39, 0.29) is 12.5 Å². The molecule has 3 aromatic rings. The minimum absolute atomic E-state index is 0.188. The molecule has 32 heavy (non-hydrogen) atoms. The molecule has 170 valence electrons. The van der Waals surface area contributed by atoms with Gasteiger partial charge in [0.15, 0.2) is 12.4 Å². The fourth-order valence-corrected chi connectivity index (χ4v) is 4.18. The summed E-state index contributed by atoms with van der Waals surface area (Å²) in [5, 5.41) is 26.1. The number of fused-ring (bicyclic) bond motifs is 1. The van der Waals surface area contributed by atoms with Crippen LogP contribution in [0.15, 0.2) is 36.8 Å². The average Bonchev–Trinajstić information content (AvgIpc) is 3.25. The summed E-state index contributed by atoms with van der Waals surface area (Å²) in [5.74, 6) is 0.620. The Kier molecular flexibility index (Phi) is 6.87. The van der Waals surface area contributed by atoms with Gasteiger partial charge in [0, 0.05) is 38.2 Å². The number of rotatable bonds is 8. The zero-order valence-electron chi connectivity index (χ0n) is 18.2. The minimum Gasteiger partial charge on any atom is -0.467 e. The number of nitrogens with one attached hydrogen (secondary N) is 1. The van der Waals surface area contributed by atoms with E-state index in [4.69, 9.17) is 4.74 Å². The highest BCUT2D eigenvalue weighted by atomic mass is 16.6. The van der Waals surface area contributed by atoms with E-state index in [9.17, 15) is 15.0 Å². The van der Waals surface area contributed by atoms with E-state index in [2.05, 4.69) is 27.2 Å². The van der Waals surface area contributed by atoms with Crippen molar-refractivity contribution in [2.45, 2.75) is 32.6 Å². The lowest BCUT2D eigenvalue weighted by atomic mass is 9.96. The third kappa shape index (κ3) is 4.53. The Morgan fingerprint density at radius 1 is 1.28 bits per heavy atom. The molecule has 1 aliphatic heterocycles. The van der Waals surface area contributed by atoms with Gasteiger partial charge in [-0.1, -0.05) is 13.3 Å². The van der Waals surface area contributed by atoms with E-state index in [1.165, 1.54) is 6.20 Å². The smallest absolute Gasteiger partial charge is 0.261 e. The van der Waals surface area contributed by atoms with Crippen molar-refractivity contribution in [2.24, 2.45) is 5.92 Å². The van der Waals surface area contributed by atoms with Crippen molar-refractivity contribution >= 4 is 22.9 Å². The van der Waals surface area contributed by atoms with Crippen molar-refractivity contribution < 1.29 is 19.7 Å². The van der Waals surface area contributed by atoms with E-state index in [0.717, 1.165) is 50.0 Å². The zero-order chi connectivity index (χ0) is 22.5. The summed E-state index contributed by atoms with van der Waals surface area (Å²) in [4.78, 5) is 19.6. The fraction of sp³-hybridized carbons (Fsp3) is 0.435. The molecule has 0 bridgehead atoms. The summed E-state index contributed by atoms with van der Waals surface area (Å²) in [6.07, 6.45) is 8.28. The van der Waals surface area contributed by atoms with Gasteiger partial charge in [-0.25, -0.2) is 9.50 Å². The molecule has 0 atom stereocenters. The highest BCUT2D eigenvalue weighted by Gasteiger charge is 2.24. The minimum atomic E-state index is -0.414. The summed E-state index contributed by atoms with van der Waals surface area (Å²) in [6.45, 7) is 3.37. The SMILES string of the molecule is CCCc1cc(NC(=O)c2cnn3cccnc23)c(N2CCC(CO)CC2)cc1OCO. The second kappa shape index (κ2) is 9.97. The first kappa shape index (κ1) is 22.0. The number of aromatic nitrogens is 3. The molecule has 0 unspecified atom stereocenters. The van der Waals surface area contributed by atoms with Gasteiger partial charge < -0.3 is 25.2 Å². The van der Waals surface area contributed by atoms with Gasteiger partial charge in [-0.15, -0.1) is 0 Å². The molecule has 4 rings (SSSR count). The van der Waals surface area contributed by atoms with Crippen molar-refractivity contribution in [3.8, 4) is 5.75 Å². The third-order valence-electron chi connectivity index (χ3n) is 5.90. The Morgan fingerprint density at radius 2 is 2.09 bits per heavy atom. The van der Waals surface area contributed by atoms with Crippen LogP contribution in [0, 0.1) is 5.92 Å². The molecular formula is C23H29N5O4. The number of carbonyl (C=O) groups excluding carboxylic acids is 1. The molecule has 1 amide bonds. The van der Waals surface area contributed by atoms with E-state index < -0.39 is 6.79 Å². The number of anilines is 2. The van der Waals surface area contributed by atoms with Crippen LogP contribution in [0.1, 0.15) is 42.1 Å². The van der Waals surface area contributed by atoms with Crippen LogP contribution in [0.25, 0.3) is 5.65 Å². The number of benzene rings is 1. The first-order valence-electron chi connectivity index (χ1n) is 11.0. The molecular weight excluding hydrogens is 410 g/mol. The second-order valence-electron chi connectivity index (χ2n) is 8.01. The topological polar surface area (TPSA) is 112 Å². The molecule has 1 saturated heterocycles.